The van der Waals surface area contributed by atoms with Crippen molar-refractivity contribution in [2.45, 2.75) is 69.8 Å². The number of rotatable bonds is 8. The minimum atomic E-state index is -3.33. The van der Waals surface area contributed by atoms with Crippen LogP contribution in [0.4, 0.5) is 0 Å². The van der Waals surface area contributed by atoms with Gasteiger partial charge < -0.3 is 10.1 Å². The maximum Gasteiger partial charge on any atom is 0.186 e. The van der Waals surface area contributed by atoms with E-state index in [1.165, 1.54) is 32.4 Å². The highest BCUT2D eigenvalue weighted by atomic mass is 32.2. The first kappa shape index (κ1) is 27.8. The van der Waals surface area contributed by atoms with E-state index in [0.29, 0.717) is 24.2 Å². The molecule has 1 unspecified atom stereocenters. The van der Waals surface area contributed by atoms with Crippen LogP contribution in [-0.4, -0.2) is 65.3 Å². The lowest BCUT2D eigenvalue weighted by Crippen LogP contribution is -2.57. The summed E-state index contributed by atoms with van der Waals surface area (Å²) < 4.78 is 53.5. The zero-order chi connectivity index (χ0) is 24.8. The Morgan fingerprint density at radius 3 is 1.88 bits per heavy atom. The molecule has 1 fully saturated rings. The summed E-state index contributed by atoms with van der Waals surface area (Å²) in [5.41, 5.74) is -1.74. The summed E-state index contributed by atoms with van der Waals surface area (Å²) in [6.07, 6.45) is 7.72. The fourth-order valence-corrected chi connectivity index (χ4v) is 6.09. The van der Waals surface area contributed by atoms with Gasteiger partial charge in [-0.25, -0.2) is 16.8 Å². The second-order valence-corrected chi connectivity index (χ2v) is 14.1. The molecule has 1 aromatic rings. The van der Waals surface area contributed by atoms with Crippen molar-refractivity contribution in [3.05, 3.63) is 29.8 Å². The van der Waals surface area contributed by atoms with Gasteiger partial charge in [-0.2, -0.15) is 0 Å². The molecule has 2 aliphatic heterocycles. The van der Waals surface area contributed by atoms with Gasteiger partial charge in [-0.3, -0.25) is 4.79 Å². The molecule has 1 N–H and O–H groups in total. The third-order valence-corrected chi connectivity index (χ3v) is 8.28. The number of hydrogen-bond donors (Lipinski definition) is 1. The van der Waals surface area contributed by atoms with E-state index in [0.717, 1.165) is 12.5 Å². The van der Waals surface area contributed by atoms with Crippen molar-refractivity contribution in [1.29, 1.82) is 0 Å². The first-order chi connectivity index (χ1) is 15.3. The molecule has 0 amide bonds. The highest BCUT2D eigenvalue weighted by Gasteiger charge is 2.54. The van der Waals surface area contributed by atoms with E-state index in [-0.39, 0.29) is 30.1 Å². The number of fused-ring (bicyclic) bond motifs is 1. The lowest BCUT2D eigenvalue weighted by atomic mass is 9.65. The number of ketones is 1. The summed E-state index contributed by atoms with van der Waals surface area (Å²) in [5, 5.41) is 3.28. The predicted octanol–water partition coefficient (Wildman–Crippen LogP) is 3.07. The quantitative estimate of drug-likeness (QED) is 0.583. The summed E-state index contributed by atoms with van der Waals surface area (Å²) in [5.74, 6) is -0.101. The van der Waals surface area contributed by atoms with E-state index < -0.39 is 30.7 Å². The van der Waals surface area contributed by atoms with Crippen molar-refractivity contribution < 1.29 is 26.4 Å². The minimum absolute atomic E-state index is 0.0415. The molecular weight excluding hydrogens is 462 g/mol. The van der Waals surface area contributed by atoms with Gasteiger partial charge >= 0.3 is 0 Å². The van der Waals surface area contributed by atoms with Gasteiger partial charge in [-0.1, -0.05) is 38.0 Å². The van der Waals surface area contributed by atoms with Crippen molar-refractivity contribution in [2.75, 3.05) is 37.1 Å². The lowest BCUT2D eigenvalue weighted by Gasteiger charge is -2.46. The number of nitrogens with one attached hydrogen (secondary N) is 1. The number of carbonyl (C=O) groups excluding carboxylic acids is 1. The number of para-hydroxylation sites is 1. The van der Waals surface area contributed by atoms with Crippen LogP contribution in [0.5, 0.6) is 5.75 Å². The van der Waals surface area contributed by atoms with Gasteiger partial charge in [0.25, 0.3) is 0 Å². The Morgan fingerprint density at radius 2 is 1.45 bits per heavy atom. The van der Waals surface area contributed by atoms with E-state index in [2.05, 4.69) is 5.32 Å². The van der Waals surface area contributed by atoms with Crippen LogP contribution in [0, 0.1) is 0 Å². The Bertz CT molecular complexity index is 968. The number of Topliss-reactive ketones (excluding diaryl/α,β-unsaturated/α-hetero) is 1. The maximum atomic E-state index is 13.6. The van der Waals surface area contributed by atoms with Gasteiger partial charge in [0.2, 0.25) is 0 Å². The van der Waals surface area contributed by atoms with Gasteiger partial charge in [0, 0.05) is 18.1 Å². The first-order valence-corrected chi connectivity index (χ1v) is 15.8. The maximum absolute atomic E-state index is 13.6. The number of piperidine rings is 1. The Hall–Kier alpha value is -1.45. The molecule has 0 bridgehead atoms. The molecule has 1 atom stereocenters. The molecule has 0 aliphatic carbocycles. The Kier molecular flexibility index (Phi) is 9.53. The molecule has 2 aliphatic rings. The van der Waals surface area contributed by atoms with Crippen molar-refractivity contribution in [3.8, 4) is 5.75 Å². The average Bonchev–Trinajstić information content (AvgIpc) is 2.74. The van der Waals surface area contributed by atoms with Crippen LogP contribution >= 0.6 is 0 Å². The van der Waals surface area contributed by atoms with Crippen LogP contribution in [0.1, 0.15) is 64.4 Å². The lowest BCUT2D eigenvalue weighted by molar-refractivity contribution is -0.143. The zero-order valence-corrected chi connectivity index (χ0v) is 22.0. The van der Waals surface area contributed by atoms with Crippen LogP contribution in [0.25, 0.3) is 0 Å². The van der Waals surface area contributed by atoms with E-state index in [9.17, 15) is 21.6 Å². The molecule has 3 rings (SSSR count). The molecule has 2 heterocycles. The van der Waals surface area contributed by atoms with Crippen molar-refractivity contribution >= 4 is 25.5 Å². The fraction of sp³-hybridized carbons (Fsp3) is 0.708. The molecule has 0 spiro atoms. The topological polar surface area (TPSA) is 107 Å². The van der Waals surface area contributed by atoms with Crippen molar-refractivity contribution in [2.24, 2.45) is 0 Å². The third-order valence-electron chi connectivity index (χ3n) is 6.39. The summed E-state index contributed by atoms with van der Waals surface area (Å²) in [4.78, 5) is 13.6. The Labute approximate surface area is 199 Å². The molecule has 188 valence electrons. The normalized spacial score (nSPS) is 22.5. The van der Waals surface area contributed by atoms with Crippen LogP contribution in [0.3, 0.4) is 0 Å². The molecule has 7 nitrogen and oxygen atoms in total. The zero-order valence-electron chi connectivity index (χ0n) is 20.4. The first-order valence-electron chi connectivity index (χ1n) is 11.7. The molecule has 0 aromatic heterocycles. The third kappa shape index (κ3) is 7.79. The monoisotopic (exact) mass is 501 g/mol. The molecule has 1 saturated heterocycles. The molecule has 0 saturated carbocycles. The number of hydrogen-bond acceptors (Lipinski definition) is 7. The largest absolute Gasteiger partial charge is 0.479 e. The van der Waals surface area contributed by atoms with Crippen LogP contribution in [0.2, 0.25) is 0 Å². The number of benzene rings is 1. The van der Waals surface area contributed by atoms with E-state index in [4.69, 9.17) is 4.74 Å². The molecule has 0 radical (unpaired) electrons. The van der Waals surface area contributed by atoms with Gasteiger partial charge in [0.15, 0.2) is 11.4 Å². The molecule has 33 heavy (non-hydrogen) atoms. The van der Waals surface area contributed by atoms with Crippen LogP contribution in [-0.2, 0) is 29.9 Å². The second kappa shape index (κ2) is 11.3. The molecule has 1 aromatic carbocycles. The fourth-order valence-electron chi connectivity index (χ4n) is 4.65. The van der Waals surface area contributed by atoms with Crippen molar-refractivity contribution in [3.63, 3.8) is 0 Å². The molecular formula is C24H39NO6S2. The van der Waals surface area contributed by atoms with E-state index >= 15 is 0 Å². The predicted molar refractivity (Wildman–Crippen MR) is 132 cm³/mol. The summed E-state index contributed by atoms with van der Waals surface area (Å²) in [6.45, 7) is 6.15. The smallest absolute Gasteiger partial charge is 0.186 e. The van der Waals surface area contributed by atoms with Crippen LogP contribution in [0.15, 0.2) is 24.3 Å². The standard InChI is InChI=1S/C19H28O6S2.C5H11N/c1-5-10-18(2)17(20)19(11-13-26(3,21)22,12-14-27(4,23)24)15-8-6-7-9-16(15)25-18;1-2-4-6-5-3-1/h6-9H,5,10-14H2,1-4H3;6H,1-5H2. The van der Waals surface area contributed by atoms with Gasteiger partial charge in [-0.15, -0.1) is 0 Å². The van der Waals surface area contributed by atoms with Gasteiger partial charge in [0.05, 0.1) is 16.9 Å². The van der Waals surface area contributed by atoms with E-state index in [1.807, 2.05) is 6.92 Å². The van der Waals surface area contributed by atoms with E-state index in [1.54, 1.807) is 31.2 Å². The summed E-state index contributed by atoms with van der Waals surface area (Å²) >= 11 is 0. The Morgan fingerprint density at radius 1 is 0.909 bits per heavy atom. The highest BCUT2D eigenvalue weighted by molar-refractivity contribution is 7.90. The SMILES string of the molecule is C1CCNCC1.CCCC1(C)Oc2ccccc2C(CCS(C)(=O)=O)(CCS(C)(=O)=O)C1=O. The second-order valence-electron chi connectivity index (χ2n) is 9.56. The number of sulfone groups is 2. The molecule has 9 heteroatoms. The number of carbonyl (C=O) groups is 1. The average molecular weight is 502 g/mol. The summed E-state index contributed by atoms with van der Waals surface area (Å²) in [7, 11) is -6.67. The highest BCUT2D eigenvalue weighted by Crippen LogP contribution is 2.48. The van der Waals surface area contributed by atoms with Gasteiger partial charge in [-0.05, 0) is 58.2 Å². The van der Waals surface area contributed by atoms with Crippen LogP contribution < -0.4 is 10.1 Å². The Balaban J connectivity index is 0.000000554. The summed E-state index contributed by atoms with van der Waals surface area (Å²) in [6, 6.07) is 7.04. The minimum Gasteiger partial charge on any atom is -0.479 e. The van der Waals surface area contributed by atoms with Crippen molar-refractivity contribution in [1.82, 2.24) is 5.32 Å². The van der Waals surface area contributed by atoms with Gasteiger partial charge in [0.1, 0.15) is 25.4 Å². The number of ether oxygens (including phenoxy) is 1.